The van der Waals surface area contributed by atoms with Crippen LogP contribution in [0.2, 0.25) is 5.02 Å². The lowest BCUT2D eigenvalue weighted by Gasteiger charge is -2.41. The molecule has 1 N–H and O–H groups in total. The fourth-order valence-electron chi connectivity index (χ4n) is 3.91. The van der Waals surface area contributed by atoms with E-state index in [4.69, 9.17) is 21.1 Å². The Bertz CT molecular complexity index is 757. The van der Waals surface area contributed by atoms with Gasteiger partial charge in [-0.05, 0) is 18.1 Å². The van der Waals surface area contributed by atoms with Crippen LogP contribution in [0.1, 0.15) is 17.5 Å². The summed E-state index contributed by atoms with van der Waals surface area (Å²) in [6.45, 7) is 4.64. The van der Waals surface area contributed by atoms with Gasteiger partial charge in [0, 0.05) is 62.0 Å². The molecule has 1 saturated heterocycles. The number of aliphatic hydroxyl groups is 1. The van der Waals surface area contributed by atoms with Crippen molar-refractivity contribution < 1.29 is 14.6 Å². The summed E-state index contributed by atoms with van der Waals surface area (Å²) in [5.41, 5.74) is 2.33. The van der Waals surface area contributed by atoms with Gasteiger partial charge in [-0.15, -0.1) is 0 Å². The molecule has 1 aliphatic rings. The molecular weight excluding hydrogens is 376 g/mol. The molecule has 152 valence electrons. The van der Waals surface area contributed by atoms with Crippen LogP contribution in [-0.4, -0.2) is 61.4 Å². The summed E-state index contributed by atoms with van der Waals surface area (Å²) in [5, 5.41) is 10.2. The summed E-state index contributed by atoms with van der Waals surface area (Å²) in [5.74, 6) is 1.39. The minimum absolute atomic E-state index is 0.193. The van der Waals surface area contributed by atoms with Gasteiger partial charge in [0.1, 0.15) is 0 Å². The van der Waals surface area contributed by atoms with Crippen LogP contribution < -0.4 is 9.47 Å². The van der Waals surface area contributed by atoms with E-state index in [-0.39, 0.29) is 6.61 Å². The molecule has 0 radical (unpaired) electrons. The Morgan fingerprint density at radius 1 is 1.07 bits per heavy atom. The van der Waals surface area contributed by atoms with E-state index < -0.39 is 0 Å². The van der Waals surface area contributed by atoms with Gasteiger partial charge in [0.05, 0.1) is 14.2 Å². The smallest absolute Gasteiger partial charge is 0.165 e. The molecule has 0 spiro atoms. The van der Waals surface area contributed by atoms with Gasteiger partial charge in [0.25, 0.3) is 0 Å². The molecule has 1 aliphatic heterocycles. The number of aliphatic hydroxyl groups excluding tert-OH is 1. The van der Waals surface area contributed by atoms with Crippen molar-refractivity contribution >= 4 is 11.6 Å². The van der Waals surface area contributed by atoms with Crippen LogP contribution in [0.5, 0.6) is 11.5 Å². The fraction of sp³-hybridized carbons (Fsp3) is 0.455. The van der Waals surface area contributed by atoms with Gasteiger partial charge in [-0.2, -0.15) is 0 Å². The number of ether oxygens (including phenoxy) is 2. The molecule has 0 amide bonds. The molecule has 1 fully saturated rings. The van der Waals surface area contributed by atoms with E-state index in [9.17, 15) is 5.11 Å². The van der Waals surface area contributed by atoms with Crippen LogP contribution >= 0.6 is 11.6 Å². The minimum Gasteiger partial charge on any atom is -0.493 e. The van der Waals surface area contributed by atoms with Crippen LogP contribution in [0.25, 0.3) is 0 Å². The van der Waals surface area contributed by atoms with Crippen LogP contribution in [0.15, 0.2) is 42.5 Å². The summed E-state index contributed by atoms with van der Waals surface area (Å²) in [6.07, 6.45) is 0.763. The molecule has 5 nitrogen and oxygen atoms in total. The SMILES string of the molecule is COc1cc(Cl)cc(CN2CCN(Cc3ccccc3)[C@@H](CCO)C2)c1OC. The van der Waals surface area contributed by atoms with E-state index >= 15 is 0 Å². The first kappa shape index (κ1) is 20.9. The molecule has 2 aromatic rings. The van der Waals surface area contributed by atoms with Crippen LogP contribution in [0, 0.1) is 0 Å². The van der Waals surface area contributed by atoms with Crippen molar-refractivity contribution in [1.82, 2.24) is 9.80 Å². The lowest BCUT2D eigenvalue weighted by molar-refractivity contribution is 0.0496. The number of hydrogen-bond acceptors (Lipinski definition) is 5. The lowest BCUT2D eigenvalue weighted by atomic mass is 10.1. The van der Waals surface area contributed by atoms with Gasteiger partial charge in [-0.25, -0.2) is 0 Å². The number of benzene rings is 2. The number of nitrogens with zero attached hydrogens (tertiary/aromatic N) is 2. The highest BCUT2D eigenvalue weighted by Gasteiger charge is 2.27. The molecule has 1 atom stereocenters. The Kier molecular flexibility index (Phi) is 7.57. The Morgan fingerprint density at radius 2 is 1.86 bits per heavy atom. The second kappa shape index (κ2) is 10.1. The maximum Gasteiger partial charge on any atom is 0.165 e. The second-order valence-electron chi connectivity index (χ2n) is 7.16. The monoisotopic (exact) mass is 404 g/mol. The maximum atomic E-state index is 9.57. The number of methoxy groups -OCH3 is 2. The van der Waals surface area contributed by atoms with Crippen molar-refractivity contribution in [3.8, 4) is 11.5 Å². The zero-order chi connectivity index (χ0) is 19.9. The van der Waals surface area contributed by atoms with E-state index in [1.165, 1.54) is 5.56 Å². The van der Waals surface area contributed by atoms with Gasteiger partial charge < -0.3 is 14.6 Å². The summed E-state index contributed by atoms with van der Waals surface area (Å²) in [6, 6.07) is 14.5. The summed E-state index contributed by atoms with van der Waals surface area (Å²) >= 11 is 6.27. The van der Waals surface area contributed by atoms with Crippen LogP contribution in [0.4, 0.5) is 0 Å². The number of halogens is 1. The van der Waals surface area contributed by atoms with Crippen molar-refractivity contribution in [3.05, 3.63) is 58.6 Å². The quantitative estimate of drug-likeness (QED) is 0.730. The second-order valence-corrected chi connectivity index (χ2v) is 7.59. The fourth-order valence-corrected chi connectivity index (χ4v) is 4.14. The first-order chi connectivity index (χ1) is 13.6. The summed E-state index contributed by atoms with van der Waals surface area (Å²) in [7, 11) is 3.28. The van der Waals surface area contributed by atoms with Gasteiger partial charge in [0.2, 0.25) is 0 Å². The lowest BCUT2D eigenvalue weighted by Crippen LogP contribution is -2.52. The predicted octanol–water partition coefficient (Wildman–Crippen LogP) is 3.43. The Morgan fingerprint density at radius 3 is 2.54 bits per heavy atom. The zero-order valence-electron chi connectivity index (χ0n) is 16.6. The molecule has 0 unspecified atom stereocenters. The predicted molar refractivity (Wildman–Crippen MR) is 112 cm³/mol. The first-order valence-corrected chi connectivity index (χ1v) is 10.0. The summed E-state index contributed by atoms with van der Waals surface area (Å²) in [4.78, 5) is 4.87. The average Bonchev–Trinajstić information content (AvgIpc) is 2.70. The van der Waals surface area contributed by atoms with Crippen molar-refractivity contribution in [3.63, 3.8) is 0 Å². The third-order valence-corrected chi connectivity index (χ3v) is 5.51. The molecule has 0 saturated carbocycles. The normalized spacial score (nSPS) is 18.2. The van der Waals surface area contributed by atoms with Crippen molar-refractivity contribution in [2.75, 3.05) is 40.5 Å². The molecular formula is C22H29ClN2O3. The Balaban J connectivity index is 1.71. The average molecular weight is 405 g/mol. The van der Waals surface area contributed by atoms with E-state index in [0.717, 1.165) is 50.5 Å². The van der Waals surface area contributed by atoms with E-state index in [1.54, 1.807) is 20.3 Å². The third kappa shape index (κ3) is 5.17. The highest BCUT2D eigenvalue weighted by Crippen LogP contribution is 2.35. The topological polar surface area (TPSA) is 45.2 Å². The molecule has 6 heteroatoms. The Labute approximate surface area is 172 Å². The van der Waals surface area contributed by atoms with Crippen molar-refractivity contribution in [2.45, 2.75) is 25.6 Å². The molecule has 1 heterocycles. The van der Waals surface area contributed by atoms with Crippen LogP contribution in [-0.2, 0) is 13.1 Å². The molecule has 0 bridgehead atoms. The largest absolute Gasteiger partial charge is 0.493 e. The molecule has 0 aromatic heterocycles. The van der Waals surface area contributed by atoms with Gasteiger partial charge >= 0.3 is 0 Å². The molecule has 28 heavy (non-hydrogen) atoms. The van der Waals surface area contributed by atoms with E-state index in [1.807, 2.05) is 12.1 Å². The number of piperazine rings is 1. The molecule has 0 aliphatic carbocycles. The molecule has 3 rings (SSSR count). The Hall–Kier alpha value is -1.79. The van der Waals surface area contributed by atoms with Gasteiger partial charge in [0.15, 0.2) is 11.5 Å². The zero-order valence-corrected chi connectivity index (χ0v) is 17.4. The summed E-state index contributed by atoms with van der Waals surface area (Å²) < 4.78 is 11.0. The van der Waals surface area contributed by atoms with Gasteiger partial charge in [-0.1, -0.05) is 41.9 Å². The standard InChI is InChI=1S/C22H29ClN2O3/c1-27-21-13-19(23)12-18(22(21)28-2)15-24-9-10-25(20(16-24)8-11-26)14-17-6-4-3-5-7-17/h3-7,12-13,20,26H,8-11,14-16H2,1-2H3/t20-/m0/s1. The molecule has 2 aromatic carbocycles. The third-order valence-electron chi connectivity index (χ3n) is 5.29. The first-order valence-electron chi connectivity index (χ1n) is 9.66. The highest BCUT2D eigenvalue weighted by atomic mass is 35.5. The van der Waals surface area contributed by atoms with Crippen molar-refractivity contribution in [2.24, 2.45) is 0 Å². The number of hydrogen-bond donors (Lipinski definition) is 1. The highest BCUT2D eigenvalue weighted by molar-refractivity contribution is 6.30. The minimum atomic E-state index is 0.193. The van der Waals surface area contributed by atoms with Crippen molar-refractivity contribution in [1.29, 1.82) is 0 Å². The van der Waals surface area contributed by atoms with Gasteiger partial charge in [-0.3, -0.25) is 9.80 Å². The maximum absolute atomic E-state index is 9.57. The van der Waals surface area contributed by atoms with E-state index in [0.29, 0.717) is 16.8 Å². The van der Waals surface area contributed by atoms with Crippen LogP contribution in [0.3, 0.4) is 0 Å². The van der Waals surface area contributed by atoms with E-state index in [2.05, 4.69) is 34.1 Å². The number of rotatable bonds is 8.